The van der Waals surface area contributed by atoms with Crippen LogP contribution in [0.4, 0.5) is 0 Å². The largest absolute Gasteiger partial charge is 0.462 e. The summed E-state index contributed by atoms with van der Waals surface area (Å²) in [5.74, 6) is 0.0917. The molecule has 0 aromatic heterocycles. The summed E-state index contributed by atoms with van der Waals surface area (Å²) >= 11 is 0. The lowest BCUT2D eigenvalue weighted by Crippen LogP contribution is -2.17. The van der Waals surface area contributed by atoms with Crippen molar-refractivity contribution in [1.29, 1.82) is 0 Å². The Balaban J connectivity index is 1.58. The highest BCUT2D eigenvalue weighted by Gasteiger charge is 2.16. The van der Waals surface area contributed by atoms with Crippen LogP contribution in [0.25, 0.3) is 0 Å². The first-order valence-corrected chi connectivity index (χ1v) is 8.75. The van der Waals surface area contributed by atoms with Crippen molar-refractivity contribution in [3.8, 4) is 0 Å². The van der Waals surface area contributed by atoms with Crippen LogP contribution in [0.15, 0.2) is 12.2 Å². The molecule has 0 unspecified atom stereocenters. The molecule has 2 aliphatic rings. The van der Waals surface area contributed by atoms with Crippen LogP contribution in [0.3, 0.4) is 0 Å². The molecule has 2 saturated carbocycles. The second-order valence-corrected chi connectivity index (χ2v) is 6.60. The quantitative estimate of drug-likeness (QED) is 0.553. The van der Waals surface area contributed by atoms with E-state index in [-0.39, 0.29) is 0 Å². The fourth-order valence-corrected chi connectivity index (χ4v) is 3.34. The molecule has 0 atom stereocenters. The summed E-state index contributed by atoms with van der Waals surface area (Å²) in [4.78, 5) is 23.2. The Morgan fingerprint density at radius 1 is 0.682 bits per heavy atom. The average molecular weight is 308 g/mol. The monoisotopic (exact) mass is 308 g/mol. The summed E-state index contributed by atoms with van der Waals surface area (Å²) in [6.07, 6.45) is 14.4. The lowest BCUT2D eigenvalue weighted by atomic mass is 9.90. The Labute approximate surface area is 133 Å². The molecule has 22 heavy (non-hydrogen) atoms. The van der Waals surface area contributed by atoms with Gasteiger partial charge in [-0.25, -0.2) is 9.59 Å². The summed E-state index contributed by atoms with van der Waals surface area (Å²) in [5.41, 5.74) is 0. The van der Waals surface area contributed by atoms with Crippen molar-refractivity contribution in [2.75, 3.05) is 13.2 Å². The standard InChI is InChI=1S/C18H28O4/c19-17(21-13-15-7-3-1-4-8-15)11-12-18(20)22-14-16-9-5-2-6-10-16/h11-12,15-16H,1-10,13-14H2/b12-11+. The number of carbonyl (C=O) groups is 2. The normalized spacial score (nSPS) is 20.9. The molecule has 0 aromatic carbocycles. The van der Waals surface area contributed by atoms with Crippen LogP contribution in [0.2, 0.25) is 0 Å². The van der Waals surface area contributed by atoms with E-state index < -0.39 is 11.9 Å². The van der Waals surface area contributed by atoms with Crippen LogP contribution in [-0.4, -0.2) is 25.2 Å². The molecule has 0 N–H and O–H groups in total. The lowest BCUT2D eigenvalue weighted by Gasteiger charge is -2.20. The second kappa shape index (κ2) is 9.65. The Bertz CT molecular complexity index is 341. The minimum absolute atomic E-state index is 0.444. The lowest BCUT2D eigenvalue weighted by molar-refractivity contribution is -0.142. The van der Waals surface area contributed by atoms with E-state index in [1.807, 2.05) is 0 Å². The number of rotatable bonds is 6. The maximum atomic E-state index is 11.6. The zero-order valence-electron chi connectivity index (χ0n) is 13.4. The van der Waals surface area contributed by atoms with Crippen molar-refractivity contribution in [2.24, 2.45) is 11.8 Å². The van der Waals surface area contributed by atoms with Gasteiger partial charge in [-0.2, -0.15) is 0 Å². The smallest absolute Gasteiger partial charge is 0.331 e. The predicted molar refractivity (Wildman–Crippen MR) is 84.2 cm³/mol. The Morgan fingerprint density at radius 2 is 1.05 bits per heavy atom. The van der Waals surface area contributed by atoms with Gasteiger partial charge in [-0.3, -0.25) is 0 Å². The molecule has 0 radical (unpaired) electrons. The van der Waals surface area contributed by atoms with Crippen LogP contribution < -0.4 is 0 Å². The van der Waals surface area contributed by atoms with Gasteiger partial charge < -0.3 is 9.47 Å². The van der Waals surface area contributed by atoms with Crippen molar-refractivity contribution >= 4 is 11.9 Å². The molecule has 4 nitrogen and oxygen atoms in total. The molecule has 0 heterocycles. The van der Waals surface area contributed by atoms with Gasteiger partial charge in [0.25, 0.3) is 0 Å². The van der Waals surface area contributed by atoms with E-state index >= 15 is 0 Å². The first kappa shape index (κ1) is 17.0. The minimum Gasteiger partial charge on any atom is -0.462 e. The van der Waals surface area contributed by atoms with Gasteiger partial charge in [0.15, 0.2) is 0 Å². The van der Waals surface area contributed by atoms with E-state index in [2.05, 4.69) is 0 Å². The van der Waals surface area contributed by atoms with Gasteiger partial charge in [0.1, 0.15) is 0 Å². The Kier molecular flexibility index (Phi) is 7.47. The van der Waals surface area contributed by atoms with E-state index in [0.29, 0.717) is 25.0 Å². The number of carbonyl (C=O) groups excluding carboxylic acids is 2. The maximum Gasteiger partial charge on any atom is 0.331 e. The highest BCUT2D eigenvalue weighted by Crippen LogP contribution is 2.24. The SMILES string of the molecule is O=C(/C=C/C(=O)OCC1CCCCC1)OCC1CCCCC1. The summed E-state index contributed by atoms with van der Waals surface area (Å²) in [6, 6.07) is 0. The van der Waals surface area contributed by atoms with E-state index in [0.717, 1.165) is 25.7 Å². The first-order chi connectivity index (χ1) is 10.7. The second-order valence-electron chi connectivity index (χ2n) is 6.60. The summed E-state index contributed by atoms with van der Waals surface area (Å²) in [6.45, 7) is 0.945. The third kappa shape index (κ3) is 6.63. The minimum atomic E-state index is -0.444. The van der Waals surface area contributed by atoms with Gasteiger partial charge in [-0.05, 0) is 37.5 Å². The number of ether oxygens (including phenoxy) is 2. The Hall–Kier alpha value is -1.32. The topological polar surface area (TPSA) is 52.6 Å². The number of hydrogen-bond acceptors (Lipinski definition) is 4. The summed E-state index contributed by atoms with van der Waals surface area (Å²) < 4.78 is 10.4. The van der Waals surface area contributed by atoms with Crippen molar-refractivity contribution in [3.63, 3.8) is 0 Å². The van der Waals surface area contributed by atoms with Gasteiger partial charge in [0.05, 0.1) is 13.2 Å². The number of hydrogen-bond donors (Lipinski definition) is 0. The molecule has 124 valence electrons. The van der Waals surface area contributed by atoms with Gasteiger partial charge in [-0.15, -0.1) is 0 Å². The Morgan fingerprint density at radius 3 is 1.41 bits per heavy atom. The van der Waals surface area contributed by atoms with Gasteiger partial charge >= 0.3 is 11.9 Å². The molecular formula is C18H28O4. The third-order valence-electron chi connectivity index (χ3n) is 4.73. The highest BCUT2D eigenvalue weighted by atomic mass is 16.5. The van der Waals surface area contributed by atoms with Crippen LogP contribution in [0.1, 0.15) is 64.2 Å². The van der Waals surface area contributed by atoms with Crippen molar-refractivity contribution < 1.29 is 19.1 Å². The zero-order chi connectivity index (χ0) is 15.6. The molecule has 4 heteroatoms. The van der Waals surface area contributed by atoms with Crippen LogP contribution in [0, 0.1) is 11.8 Å². The predicted octanol–water partition coefficient (Wildman–Crippen LogP) is 3.79. The molecule has 0 bridgehead atoms. The number of esters is 2. The van der Waals surface area contributed by atoms with Gasteiger partial charge in [-0.1, -0.05) is 38.5 Å². The first-order valence-electron chi connectivity index (χ1n) is 8.75. The van der Waals surface area contributed by atoms with Crippen LogP contribution >= 0.6 is 0 Å². The molecular weight excluding hydrogens is 280 g/mol. The molecule has 2 rings (SSSR count). The fourth-order valence-electron chi connectivity index (χ4n) is 3.34. The zero-order valence-corrected chi connectivity index (χ0v) is 13.4. The molecule has 0 aromatic rings. The van der Waals surface area contributed by atoms with Crippen LogP contribution in [0.5, 0.6) is 0 Å². The summed E-state index contributed by atoms with van der Waals surface area (Å²) in [5, 5.41) is 0. The molecule has 0 amide bonds. The fraction of sp³-hybridized carbons (Fsp3) is 0.778. The van der Waals surface area contributed by atoms with Crippen molar-refractivity contribution in [2.45, 2.75) is 64.2 Å². The van der Waals surface area contributed by atoms with Gasteiger partial charge in [0.2, 0.25) is 0 Å². The molecule has 2 fully saturated rings. The van der Waals surface area contributed by atoms with E-state index in [1.54, 1.807) is 0 Å². The molecule has 0 aliphatic heterocycles. The van der Waals surface area contributed by atoms with E-state index in [9.17, 15) is 9.59 Å². The average Bonchev–Trinajstić information content (AvgIpc) is 2.58. The highest BCUT2D eigenvalue weighted by molar-refractivity contribution is 5.91. The van der Waals surface area contributed by atoms with Crippen LogP contribution in [-0.2, 0) is 19.1 Å². The van der Waals surface area contributed by atoms with E-state index in [4.69, 9.17) is 9.47 Å². The van der Waals surface area contributed by atoms with Crippen molar-refractivity contribution in [3.05, 3.63) is 12.2 Å². The van der Waals surface area contributed by atoms with Gasteiger partial charge in [0, 0.05) is 12.2 Å². The van der Waals surface area contributed by atoms with Crippen molar-refractivity contribution in [1.82, 2.24) is 0 Å². The van der Waals surface area contributed by atoms with E-state index in [1.165, 1.54) is 50.7 Å². The maximum absolute atomic E-state index is 11.6. The summed E-state index contributed by atoms with van der Waals surface area (Å²) in [7, 11) is 0. The third-order valence-corrected chi connectivity index (χ3v) is 4.73. The molecule has 2 aliphatic carbocycles. The molecule has 0 spiro atoms. The molecule has 0 saturated heterocycles.